The number of rotatable bonds is 3. The van der Waals surface area contributed by atoms with E-state index in [1.165, 1.54) is 12.3 Å². The molecule has 0 bridgehead atoms. The van der Waals surface area contributed by atoms with E-state index in [0.29, 0.717) is 41.5 Å². The van der Waals surface area contributed by atoms with E-state index in [4.69, 9.17) is 10.2 Å². The summed E-state index contributed by atoms with van der Waals surface area (Å²) >= 11 is 0. The predicted molar refractivity (Wildman–Crippen MR) is 119 cm³/mol. The van der Waals surface area contributed by atoms with Crippen molar-refractivity contribution < 1.29 is 35.9 Å². The van der Waals surface area contributed by atoms with E-state index in [2.05, 4.69) is 10.1 Å². The standard InChI is InChI=1S/C24H20F6N4O2/c25-23(26,27)14-5-12(6-15(7-14)24(28,29)30)20-8-18-19(10-32-22(31)21(18)36-20)13-9-33-34(11-13)16-1-3-17(35)4-2-16/h5-11,16-17,35H,1-4H2,(H2,31,32). The molecular weight excluding hydrogens is 490 g/mol. The molecule has 0 amide bonds. The summed E-state index contributed by atoms with van der Waals surface area (Å²) in [6, 6.07) is 2.72. The molecule has 0 spiro atoms. The van der Waals surface area contributed by atoms with Gasteiger partial charge in [-0.05, 0) is 49.9 Å². The first kappa shape index (κ1) is 24.2. The van der Waals surface area contributed by atoms with Gasteiger partial charge in [-0.25, -0.2) is 4.98 Å². The minimum Gasteiger partial charge on any atom is -0.452 e. The quantitative estimate of drug-likeness (QED) is 0.309. The number of benzene rings is 1. The van der Waals surface area contributed by atoms with Gasteiger partial charge < -0.3 is 15.3 Å². The Morgan fingerprint density at radius 1 is 0.889 bits per heavy atom. The maximum absolute atomic E-state index is 13.3. The number of anilines is 1. The minimum atomic E-state index is -4.99. The molecule has 36 heavy (non-hydrogen) atoms. The molecule has 3 N–H and O–H groups in total. The third-order valence-electron chi connectivity index (χ3n) is 6.41. The van der Waals surface area contributed by atoms with Crippen molar-refractivity contribution in [3.8, 4) is 22.5 Å². The Morgan fingerprint density at radius 3 is 2.14 bits per heavy atom. The fourth-order valence-corrected chi connectivity index (χ4v) is 4.51. The number of halogens is 6. The van der Waals surface area contributed by atoms with Crippen molar-refractivity contribution in [2.24, 2.45) is 0 Å². The molecule has 3 aromatic heterocycles. The number of furan rings is 1. The molecule has 3 heterocycles. The van der Waals surface area contributed by atoms with Gasteiger partial charge in [0.25, 0.3) is 0 Å². The number of pyridine rings is 1. The number of aromatic nitrogens is 3. The van der Waals surface area contributed by atoms with Crippen molar-refractivity contribution in [3.05, 3.63) is 54.0 Å². The third-order valence-corrected chi connectivity index (χ3v) is 6.41. The van der Waals surface area contributed by atoms with Crippen molar-refractivity contribution in [3.63, 3.8) is 0 Å². The molecule has 1 aromatic carbocycles. The molecule has 1 saturated carbocycles. The van der Waals surface area contributed by atoms with Crippen LogP contribution in [-0.2, 0) is 12.4 Å². The van der Waals surface area contributed by atoms with E-state index in [-0.39, 0.29) is 35.4 Å². The van der Waals surface area contributed by atoms with Crippen molar-refractivity contribution in [2.75, 3.05) is 5.73 Å². The summed E-state index contributed by atoms with van der Waals surface area (Å²) in [5, 5.41) is 14.5. The zero-order valence-corrected chi connectivity index (χ0v) is 18.6. The lowest BCUT2D eigenvalue weighted by Crippen LogP contribution is -2.21. The SMILES string of the molecule is Nc1ncc(-c2cnn(C3CCC(O)CC3)c2)c2cc(-c3cc(C(F)(F)F)cc(C(F)(F)F)c3)oc12. The summed E-state index contributed by atoms with van der Waals surface area (Å²) < 4.78 is 87.4. The number of aliphatic hydroxyl groups excluding tert-OH is 1. The molecule has 0 radical (unpaired) electrons. The number of alkyl halides is 6. The lowest BCUT2D eigenvalue weighted by Gasteiger charge is -2.25. The van der Waals surface area contributed by atoms with Crippen LogP contribution in [0, 0.1) is 0 Å². The highest BCUT2D eigenvalue weighted by atomic mass is 19.4. The molecule has 1 aliphatic rings. The molecule has 0 unspecified atom stereocenters. The van der Waals surface area contributed by atoms with Crippen LogP contribution in [0.4, 0.5) is 32.2 Å². The second-order valence-electron chi connectivity index (χ2n) is 8.88. The summed E-state index contributed by atoms with van der Waals surface area (Å²) in [7, 11) is 0. The molecule has 0 aliphatic heterocycles. The van der Waals surface area contributed by atoms with Crippen molar-refractivity contribution in [1.82, 2.24) is 14.8 Å². The van der Waals surface area contributed by atoms with E-state index < -0.39 is 29.0 Å². The fourth-order valence-electron chi connectivity index (χ4n) is 4.51. The maximum atomic E-state index is 13.3. The van der Waals surface area contributed by atoms with E-state index in [1.54, 1.807) is 17.1 Å². The Morgan fingerprint density at radius 2 is 1.53 bits per heavy atom. The molecule has 190 valence electrons. The fraction of sp³-hybridized carbons (Fsp3) is 0.333. The van der Waals surface area contributed by atoms with Crippen LogP contribution < -0.4 is 5.73 Å². The lowest BCUT2D eigenvalue weighted by molar-refractivity contribution is -0.143. The van der Waals surface area contributed by atoms with Crippen LogP contribution >= 0.6 is 0 Å². The van der Waals surface area contributed by atoms with Gasteiger partial charge in [0.15, 0.2) is 11.4 Å². The van der Waals surface area contributed by atoms with Crippen LogP contribution in [0.5, 0.6) is 0 Å². The van der Waals surface area contributed by atoms with E-state index in [9.17, 15) is 31.4 Å². The van der Waals surface area contributed by atoms with Gasteiger partial charge in [0.1, 0.15) is 5.76 Å². The summed E-state index contributed by atoms with van der Waals surface area (Å²) in [6.07, 6.45) is -2.63. The Bertz CT molecular complexity index is 1380. The monoisotopic (exact) mass is 510 g/mol. The van der Waals surface area contributed by atoms with Crippen LogP contribution in [0.25, 0.3) is 33.4 Å². The van der Waals surface area contributed by atoms with Crippen LogP contribution in [0.1, 0.15) is 42.9 Å². The second kappa shape index (κ2) is 8.54. The summed E-state index contributed by atoms with van der Waals surface area (Å²) in [5.41, 5.74) is 3.82. The Balaban J connectivity index is 1.59. The smallest absolute Gasteiger partial charge is 0.416 e. The normalized spacial score (nSPS) is 19.2. The van der Waals surface area contributed by atoms with Crippen molar-refractivity contribution in [1.29, 1.82) is 0 Å². The Kier molecular flexibility index (Phi) is 5.73. The molecule has 0 saturated heterocycles. The highest BCUT2D eigenvalue weighted by Crippen LogP contribution is 2.42. The summed E-state index contributed by atoms with van der Waals surface area (Å²) in [6.45, 7) is 0. The predicted octanol–water partition coefficient (Wildman–Crippen LogP) is 6.45. The molecule has 12 heteroatoms. The van der Waals surface area contributed by atoms with Gasteiger partial charge in [-0.15, -0.1) is 0 Å². The zero-order chi connectivity index (χ0) is 25.8. The van der Waals surface area contributed by atoms with Gasteiger partial charge >= 0.3 is 12.4 Å². The number of hydrogen-bond donors (Lipinski definition) is 2. The Hall–Kier alpha value is -3.54. The van der Waals surface area contributed by atoms with Gasteiger partial charge in [-0.1, -0.05) is 0 Å². The third kappa shape index (κ3) is 4.52. The average Bonchev–Trinajstić information content (AvgIpc) is 3.47. The number of nitrogens with zero attached hydrogens (tertiary/aromatic N) is 3. The van der Waals surface area contributed by atoms with Crippen LogP contribution in [-0.4, -0.2) is 26.0 Å². The molecule has 1 aliphatic carbocycles. The molecular formula is C24H20F6N4O2. The van der Waals surface area contributed by atoms with Gasteiger partial charge in [0, 0.05) is 34.5 Å². The van der Waals surface area contributed by atoms with Gasteiger partial charge in [-0.2, -0.15) is 31.4 Å². The van der Waals surface area contributed by atoms with Gasteiger partial charge in [-0.3, -0.25) is 4.68 Å². The molecule has 0 atom stereocenters. The zero-order valence-electron chi connectivity index (χ0n) is 18.6. The molecule has 6 nitrogen and oxygen atoms in total. The summed E-state index contributed by atoms with van der Waals surface area (Å²) in [4.78, 5) is 4.09. The van der Waals surface area contributed by atoms with Crippen molar-refractivity contribution in [2.45, 2.75) is 50.2 Å². The van der Waals surface area contributed by atoms with Crippen LogP contribution in [0.2, 0.25) is 0 Å². The number of nitrogens with two attached hydrogens (primary N) is 1. The number of hydrogen-bond acceptors (Lipinski definition) is 5. The van der Waals surface area contributed by atoms with E-state index in [0.717, 1.165) is 12.8 Å². The molecule has 4 aromatic rings. The molecule has 1 fully saturated rings. The average molecular weight is 510 g/mol. The van der Waals surface area contributed by atoms with E-state index in [1.807, 2.05) is 0 Å². The van der Waals surface area contributed by atoms with Crippen LogP contribution in [0.15, 0.2) is 47.3 Å². The van der Waals surface area contributed by atoms with Gasteiger partial charge in [0.05, 0.1) is 29.5 Å². The lowest BCUT2D eigenvalue weighted by atomic mass is 9.93. The first-order valence-corrected chi connectivity index (χ1v) is 11.1. The first-order valence-electron chi connectivity index (χ1n) is 11.1. The number of fused-ring (bicyclic) bond motifs is 1. The van der Waals surface area contributed by atoms with Crippen molar-refractivity contribution >= 4 is 16.8 Å². The first-order chi connectivity index (χ1) is 16.9. The van der Waals surface area contributed by atoms with E-state index >= 15 is 0 Å². The topological polar surface area (TPSA) is 90.1 Å². The maximum Gasteiger partial charge on any atom is 0.416 e. The van der Waals surface area contributed by atoms with Crippen LogP contribution in [0.3, 0.4) is 0 Å². The molecule has 5 rings (SSSR count). The van der Waals surface area contributed by atoms with Gasteiger partial charge in [0.2, 0.25) is 0 Å². The summed E-state index contributed by atoms with van der Waals surface area (Å²) in [5.74, 6) is -0.270. The highest BCUT2D eigenvalue weighted by molar-refractivity contribution is 6.00. The Labute approximate surface area is 200 Å². The highest BCUT2D eigenvalue weighted by Gasteiger charge is 2.37. The number of nitrogen functional groups attached to an aromatic ring is 1. The minimum absolute atomic E-state index is 0.0435. The number of aliphatic hydroxyl groups is 1. The second-order valence-corrected chi connectivity index (χ2v) is 8.88. The largest absolute Gasteiger partial charge is 0.452 e.